The van der Waals surface area contributed by atoms with E-state index in [1.807, 2.05) is 32.0 Å². The minimum absolute atomic E-state index is 0.0487. The smallest absolute Gasteiger partial charge is 0.252 e. The summed E-state index contributed by atoms with van der Waals surface area (Å²) in [7, 11) is 0. The van der Waals surface area contributed by atoms with Gasteiger partial charge in [0.1, 0.15) is 5.82 Å². The van der Waals surface area contributed by atoms with Crippen LogP contribution in [-0.4, -0.2) is 25.9 Å². The molecule has 0 aliphatic carbocycles. The van der Waals surface area contributed by atoms with Crippen LogP contribution in [0.15, 0.2) is 42.7 Å². The Morgan fingerprint density at radius 3 is 2.57 bits per heavy atom. The maximum atomic E-state index is 6.29. The van der Waals surface area contributed by atoms with Crippen LogP contribution in [0.4, 0.5) is 5.82 Å². The second-order valence-electron chi connectivity index (χ2n) is 5.20. The summed E-state index contributed by atoms with van der Waals surface area (Å²) in [6.07, 6.45) is 3.21. The van der Waals surface area contributed by atoms with Gasteiger partial charge < -0.3 is 10.5 Å². The number of ether oxygens (including phenoxy) is 1. The van der Waals surface area contributed by atoms with E-state index in [9.17, 15) is 0 Å². The maximum absolute atomic E-state index is 6.29. The number of hydrogen-bond donors (Lipinski definition) is 1. The highest BCUT2D eigenvalue weighted by Gasteiger charge is 2.21. The molecule has 0 aliphatic rings. The van der Waals surface area contributed by atoms with Crippen molar-refractivity contribution in [1.29, 1.82) is 0 Å². The molecule has 0 atom stereocenters. The van der Waals surface area contributed by atoms with Crippen molar-refractivity contribution in [2.24, 2.45) is 0 Å². The molecule has 0 spiro atoms. The minimum Gasteiger partial charge on any atom is -0.473 e. The Kier molecular flexibility index (Phi) is 4.16. The van der Waals surface area contributed by atoms with Gasteiger partial charge in [-0.1, -0.05) is 23.7 Å². The van der Waals surface area contributed by atoms with Crippen LogP contribution in [0.3, 0.4) is 0 Å². The summed E-state index contributed by atoms with van der Waals surface area (Å²) < 4.78 is 7.28. The first-order valence-electron chi connectivity index (χ1n) is 7.14. The van der Waals surface area contributed by atoms with E-state index in [0.717, 1.165) is 5.56 Å². The van der Waals surface area contributed by atoms with Crippen LogP contribution in [-0.2, 0) is 0 Å². The fourth-order valence-electron chi connectivity index (χ4n) is 2.18. The second-order valence-corrected chi connectivity index (χ2v) is 5.64. The number of nitrogens with zero attached hydrogens (tertiary/aromatic N) is 4. The van der Waals surface area contributed by atoms with E-state index < -0.39 is 0 Å². The first-order valence-corrected chi connectivity index (χ1v) is 7.52. The molecule has 0 amide bonds. The third-order valence-electron chi connectivity index (χ3n) is 3.09. The molecule has 23 heavy (non-hydrogen) atoms. The van der Waals surface area contributed by atoms with Gasteiger partial charge in [0.2, 0.25) is 5.88 Å². The number of aromatic nitrogens is 4. The van der Waals surface area contributed by atoms with Crippen molar-refractivity contribution in [3.8, 4) is 23.0 Å². The molecule has 7 heteroatoms. The first-order chi connectivity index (χ1) is 11.1. The average Bonchev–Trinajstić information content (AvgIpc) is 2.84. The van der Waals surface area contributed by atoms with Gasteiger partial charge in [0.15, 0.2) is 0 Å². The van der Waals surface area contributed by atoms with E-state index >= 15 is 0 Å². The zero-order valence-corrected chi connectivity index (χ0v) is 13.5. The average molecular weight is 330 g/mol. The van der Waals surface area contributed by atoms with Gasteiger partial charge in [-0.05, 0) is 37.6 Å². The molecule has 2 aromatic heterocycles. The van der Waals surface area contributed by atoms with E-state index in [4.69, 9.17) is 22.1 Å². The van der Waals surface area contributed by atoms with E-state index in [1.54, 1.807) is 24.5 Å². The van der Waals surface area contributed by atoms with Gasteiger partial charge in [0.05, 0.1) is 11.7 Å². The van der Waals surface area contributed by atoms with Crippen molar-refractivity contribution in [3.63, 3.8) is 0 Å². The van der Waals surface area contributed by atoms with Crippen molar-refractivity contribution in [2.75, 3.05) is 5.73 Å². The Labute approximate surface area is 138 Å². The van der Waals surface area contributed by atoms with E-state index in [2.05, 4.69) is 15.1 Å². The standard InChI is InChI=1S/C16H16ClN5O/c1-10(2)23-15-13(11-5-3-6-12(17)9-11)14(18)22(21-15)16-19-7-4-8-20-16/h3-10H,18H2,1-2H3. The van der Waals surface area contributed by atoms with Crippen LogP contribution < -0.4 is 10.5 Å². The number of anilines is 1. The zero-order valence-electron chi connectivity index (χ0n) is 12.8. The third kappa shape index (κ3) is 3.12. The van der Waals surface area contributed by atoms with Gasteiger partial charge in [-0.15, -0.1) is 5.10 Å². The molecular weight excluding hydrogens is 314 g/mol. The van der Waals surface area contributed by atoms with Gasteiger partial charge in [0.25, 0.3) is 5.95 Å². The fourth-order valence-corrected chi connectivity index (χ4v) is 2.37. The van der Waals surface area contributed by atoms with Gasteiger partial charge in [0, 0.05) is 17.4 Å². The van der Waals surface area contributed by atoms with Crippen LogP contribution in [0.5, 0.6) is 5.88 Å². The number of rotatable bonds is 4. The monoisotopic (exact) mass is 329 g/mol. The number of benzene rings is 1. The summed E-state index contributed by atoms with van der Waals surface area (Å²) in [6, 6.07) is 9.11. The van der Waals surface area contributed by atoms with Crippen LogP contribution in [0.2, 0.25) is 5.02 Å². The Morgan fingerprint density at radius 1 is 1.17 bits per heavy atom. The number of halogens is 1. The molecule has 3 aromatic rings. The molecule has 0 aliphatic heterocycles. The van der Waals surface area contributed by atoms with Crippen molar-refractivity contribution in [2.45, 2.75) is 20.0 Å². The largest absolute Gasteiger partial charge is 0.473 e. The first kappa shape index (κ1) is 15.3. The lowest BCUT2D eigenvalue weighted by molar-refractivity contribution is 0.232. The number of nitrogen functional groups attached to an aromatic ring is 1. The number of nitrogens with two attached hydrogens (primary N) is 1. The summed E-state index contributed by atoms with van der Waals surface area (Å²) in [5.74, 6) is 1.20. The molecule has 118 valence electrons. The lowest BCUT2D eigenvalue weighted by Crippen LogP contribution is -2.08. The van der Waals surface area contributed by atoms with Crippen LogP contribution in [0, 0.1) is 0 Å². The molecule has 0 saturated heterocycles. The molecule has 0 bridgehead atoms. The zero-order chi connectivity index (χ0) is 16.4. The molecule has 1 aromatic carbocycles. The summed E-state index contributed by atoms with van der Waals surface area (Å²) in [5.41, 5.74) is 7.79. The Morgan fingerprint density at radius 2 is 1.91 bits per heavy atom. The highest BCUT2D eigenvalue weighted by Crippen LogP contribution is 2.37. The van der Waals surface area contributed by atoms with E-state index in [0.29, 0.717) is 28.2 Å². The quantitative estimate of drug-likeness (QED) is 0.794. The SMILES string of the molecule is CC(C)Oc1nn(-c2ncccn2)c(N)c1-c1cccc(Cl)c1. The summed E-state index contributed by atoms with van der Waals surface area (Å²) in [6.45, 7) is 3.85. The van der Waals surface area contributed by atoms with Crippen molar-refractivity contribution in [3.05, 3.63) is 47.7 Å². The van der Waals surface area contributed by atoms with Gasteiger partial charge in [-0.3, -0.25) is 0 Å². The number of hydrogen-bond acceptors (Lipinski definition) is 5. The van der Waals surface area contributed by atoms with Gasteiger partial charge in [-0.25, -0.2) is 9.97 Å². The predicted molar refractivity (Wildman–Crippen MR) is 89.8 cm³/mol. The van der Waals surface area contributed by atoms with Crippen molar-refractivity contribution < 1.29 is 4.74 Å². The molecule has 0 radical (unpaired) electrons. The third-order valence-corrected chi connectivity index (χ3v) is 3.33. The summed E-state index contributed by atoms with van der Waals surface area (Å²) >= 11 is 6.10. The van der Waals surface area contributed by atoms with Crippen molar-refractivity contribution >= 4 is 17.4 Å². The Hall–Kier alpha value is -2.60. The minimum atomic E-state index is -0.0487. The summed E-state index contributed by atoms with van der Waals surface area (Å²) in [4.78, 5) is 8.36. The van der Waals surface area contributed by atoms with Gasteiger partial charge in [-0.2, -0.15) is 4.68 Å². The molecule has 0 saturated carbocycles. The predicted octanol–water partition coefficient (Wildman–Crippen LogP) is 3.35. The normalized spacial score (nSPS) is 11.0. The fraction of sp³-hybridized carbons (Fsp3) is 0.188. The van der Waals surface area contributed by atoms with Crippen LogP contribution in [0.25, 0.3) is 17.1 Å². The maximum Gasteiger partial charge on any atom is 0.252 e. The van der Waals surface area contributed by atoms with Crippen molar-refractivity contribution in [1.82, 2.24) is 19.7 Å². The Bertz CT molecular complexity index is 817. The molecular formula is C16H16ClN5O. The second kappa shape index (κ2) is 6.26. The van der Waals surface area contributed by atoms with E-state index in [1.165, 1.54) is 4.68 Å². The lowest BCUT2D eigenvalue weighted by atomic mass is 10.1. The molecule has 3 rings (SSSR count). The molecule has 2 N–H and O–H groups in total. The van der Waals surface area contributed by atoms with Crippen LogP contribution >= 0.6 is 11.6 Å². The topological polar surface area (TPSA) is 78.8 Å². The van der Waals surface area contributed by atoms with Crippen LogP contribution in [0.1, 0.15) is 13.8 Å². The molecule has 2 heterocycles. The summed E-state index contributed by atoms with van der Waals surface area (Å²) in [5, 5.41) is 5.04. The Balaban J connectivity index is 2.19. The molecule has 6 nitrogen and oxygen atoms in total. The van der Waals surface area contributed by atoms with E-state index in [-0.39, 0.29) is 6.10 Å². The molecule has 0 unspecified atom stereocenters. The lowest BCUT2D eigenvalue weighted by Gasteiger charge is -2.09. The highest BCUT2D eigenvalue weighted by atomic mass is 35.5. The highest BCUT2D eigenvalue weighted by molar-refractivity contribution is 6.30. The van der Waals surface area contributed by atoms with Gasteiger partial charge >= 0.3 is 0 Å². The molecule has 0 fully saturated rings.